The minimum atomic E-state index is 0.382. The molecule has 1 aliphatic rings. The maximum Gasteiger partial charge on any atom is 0.143 e. The molecule has 4 heteroatoms. The van der Waals surface area contributed by atoms with E-state index in [1.54, 1.807) is 0 Å². The molecular weight excluding hydrogens is 252 g/mol. The van der Waals surface area contributed by atoms with Crippen molar-refractivity contribution in [3.05, 3.63) is 52.9 Å². The monoisotopic (exact) mass is 270 g/mol. The molecular formula is C16H18N2O2. The molecule has 0 amide bonds. The van der Waals surface area contributed by atoms with Gasteiger partial charge < -0.3 is 9.36 Å². The topological polar surface area (TPSA) is 47.6 Å². The van der Waals surface area contributed by atoms with E-state index in [1.807, 2.05) is 19.9 Å². The largest absolute Gasteiger partial charge is 0.396 e. The van der Waals surface area contributed by atoms with Crippen LogP contribution in [0.3, 0.4) is 0 Å². The highest BCUT2D eigenvalue weighted by atomic mass is 16.6. The highest BCUT2D eigenvalue weighted by molar-refractivity contribution is 6.03. The first kappa shape index (κ1) is 12.9. The van der Waals surface area contributed by atoms with Crippen LogP contribution in [-0.2, 0) is 11.3 Å². The summed E-state index contributed by atoms with van der Waals surface area (Å²) >= 11 is 0. The molecule has 2 aromatic rings. The van der Waals surface area contributed by atoms with Crippen LogP contribution in [0.1, 0.15) is 41.8 Å². The standard InChI is InChI=1S/C16H18N2O2/c1-3-19-17-14-9-13(12-7-5-4-6-8-12)10-15-16(14)11(2)20-18-15/h4-8,13H,3,9-10H2,1-2H3. The predicted molar refractivity (Wildman–Crippen MR) is 76.9 cm³/mol. The van der Waals surface area contributed by atoms with Gasteiger partial charge in [0.15, 0.2) is 0 Å². The average Bonchev–Trinajstić information content (AvgIpc) is 2.87. The van der Waals surface area contributed by atoms with E-state index < -0.39 is 0 Å². The highest BCUT2D eigenvalue weighted by Crippen LogP contribution is 2.34. The highest BCUT2D eigenvalue weighted by Gasteiger charge is 2.30. The first-order chi connectivity index (χ1) is 9.79. The van der Waals surface area contributed by atoms with E-state index in [0.717, 1.165) is 35.6 Å². The molecule has 1 unspecified atom stereocenters. The minimum absolute atomic E-state index is 0.382. The Hall–Kier alpha value is -2.10. The maximum absolute atomic E-state index is 5.33. The molecule has 0 fully saturated rings. The lowest BCUT2D eigenvalue weighted by atomic mass is 9.81. The molecule has 1 aliphatic carbocycles. The number of oxime groups is 1. The molecule has 3 rings (SSSR count). The van der Waals surface area contributed by atoms with Gasteiger partial charge in [-0.2, -0.15) is 0 Å². The zero-order valence-electron chi connectivity index (χ0n) is 11.8. The second kappa shape index (κ2) is 5.49. The van der Waals surface area contributed by atoms with Crippen LogP contribution < -0.4 is 0 Å². The summed E-state index contributed by atoms with van der Waals surface area (Å²) in [5.41, 5.74) is 4.27. The van der Waals surface area contributed by atoms with Crippen LogP contribution in [-0.4, -0.2) is 17.5 Å². The third kappa shape index (κ3) is 2.33. The third-order valence-electron chi connectivity index (χ3n) is 3.68. The quantitative estimate of drug-likeness (QED) is 0.802. The number of rotatable bonds is 3. The first-order valence-electron chi connectivity index (χ1n) is 6.99. The van der Waals surface area contributed by atoms with Gasteiger partial charge in [0.2, 0.25) is 0 Å². The molecule has 20 heavy (non-hydrogen) atoms. The van der Waals surface area contributed by atoms with Crippen LogP contribution in [0, 0.1) is 6.92 Å². The molecule has 0 bridgehead atoms. The van der Waals surface area contributed by atoms with Crippen molar-refractivity contribution in [3.63, 3.8) is 0 Å². The molecule has 1 heterocycles. The van der Waals surface area contributed by atoms with Crippen LogP contribution in [0.5, 0.6) is 0 Å². The predicted octanol–water partition coefficient (Wildman–Crippen LogP) is 3.45. The summed E-state index contributed by atoms with van der Waals surface area (Å²) in [6, 6.07) is 10.5. The molecule has 0 saturated carbocycles. The SMILES string of the molecule is CCON=C1CC(c2ccccc2)Cc2noc(C)c21. The summed E-state index contributed by atoms with van der Waals surface area (Å²) in [7, 11) is 0. The van der Waals surface area contributed by atoms with E-state index in [4.69, 9.17) is 9.36 Å². The van der Waals surface area contributed by atoms with Crippen molar-refractivity contribution in [1.29, 1.82) is 0 Å². The summed E-state index contributed by atoms with van der Waals surface area (Å²) in [6.45, 7) is 4.43. The van der Waals surface area contributed by atoms with Crippen molar-refractivity contribution in [2.24, 2.45) is 5.16 Å². The van der Waals surface area contributed by atoms with Crippen LogP contribution >= 0.6 is 0 Å². The summed E-state index contributed by atoms with van der Waals surface area (Å²) in [4.78, 5) is 5.26. The normalized spacial score (nSPS) is 19.9. The molecule has 1 atom stereocenters. The Morgan fingerprint density at radius 3 is 2.85 bits per heavy atom. The van der Waals surface area contributed by atoms with Crippen molar-refractivity contribution in [3.8, 4) is 0 Å². The van der Waals surface area contributed by atoms with Crippen molar-refractivity contribution < 1.29 is 9.36 Å². The van der Waals surface area contributed by atoms with E-state index in [9.17, 15) is 0 Å². The Kier molecular flexibility index (Phi) is 3.54. The smallest absolute Gasteiger partial charge is 0.143 e. The molecule has 0 N–H and O–H groups in total. The van der Waals surface area contributed by atoms with Gasteiger partial charge in [0.05, 0.1) is 17.0 Å². The molecule has 4 nitrogen and oxygen atoms in total. The number of hydrogen-bond acceptors (Lipinski definition) is 4. The van der Waals surface area contributed by atoms with Crippen molar-refractivity contribution in [2.75, 3.05) is 6.61 Å². The number of aromatic nitrogens is 1. The van der Waals surface area contributed by atoms with Gasteiger partial charge >= 0.3 is 0 Å². The fourth-order valence-electron chi connectivity index (χ4n) is 2.75. The van der Waals surface area contributed by atoms with Crippen molar-refractivity contribution in [1.82, 2.24) is 5.16 Å². The van der Waals surface area contributed by atoms with Crippen LogP contribution in [0.15, 0.2) is 40.0 Å². The summed E-state index contributed by atoms with van der Waals surface area (Å²) in [5, 5.41) is 8.45. The Bertz CT molecular complexity index is 617. The van der Waals surface area contributed by atoms with Crippen molar-refractivity contribution in [2.45, 2.75) is 32.6 Å². The van der Waals surface area contributed by atoms with E-state index in [2.05, 4.69) is 34.6 Å². The summed E-state index contributed by atoms with van der Waals surface area (Å²) in [6.07, 6.45) is 1.75. The Morgan fingerprint density at radius 2 is 2.10 bits per heavy atom. The van der Waals surface area contributed by atoms with Crippen LogP contribution in [0.4, 0.5) is 0 Å². The first-order valence-corrected chi connectivity index (χ1v) is 6.99. The number of fused-ring (bicyclic) bond motifs is 1. The second-order valence-electron chi connectivity index (χ2n) is 5.03. The van der Waals surface area contributed by atoms with Crippen LogP contribution in [0.25, 0.3) is 0 Å². The lowest BCUT2D eigenvalue weighted by Gasteiger charge is -2.22. The van der Waals surface area contributed by atoms with E-state index in [-0.39, 0.29) is 0 Å². The molecule has 104 valence electrons. The zero-order chi connectivity index (χ0) is 13.9. The zero-order valence-corrected chi connectivity index (χ0v) is 11.8. The fraction of sp³-hybridized carbons (Fsp3) is 0.375. The summed E-state index contributed by atoms with van der Waals surface area (Å²) in [5.74, 6) is 1.21. The van der Waals surface area contributed by atoms with Gasteiger partial charge in [-0.15, -0.1) is 0 Å². The number of benzene rings is 1. The van der Waals surface area contributed by atoms with E-state index in [1.165, 1.54) is 5.56 Å². The van der Waals surface area contributed by atoms with Crippen LogP contribution in [0.2, 0.25) is 0 Å². The number of nitrogens with zero attached hydrogens (tertiary/aromatic N) is 2. The van der Waals surface area contributed by atoms with E-state index >= 15 is 0 Å². The van der Waals surface area contributed by atoms with Gasteiger partial charge in [0.1, 0.15) is 12.4 Å². The summed E-state index contributed by atoms with van der Waals surface area (Å²) < 4.78 is 5.33. The molecule has 0 aliphatic heterocycles. The van der Waals surface area contributed by atoms with Gasteiger partial charge in [-0.1, -0.05) is 40.6 Å². The van der Waals surface area contributed by atoms with Gasteiger partial charge in [-0.25, -0.2) is 0 Å². The van der Waals surface area contributed by atoms with Gasteiger partial charge in [0, 0.05) is 12.8 Å². The number of aryl methyl sites for hydroxylation is 1. The van der Waals surface area contributed by atoms with Gasteiger partial charge in [-0.05, 0) is 25.3 Å². The average molecular weight is 270 g/mol. The van der Waals surface area contributed by atoms with Gasteiger partial charge in [0.25, 0.3) is 0 Å². The molecule has 1 aromatic carbocycles. The van der Waals surface area contributed by atoms with E-state index in [0.29, 0.717) is 12.5 Å². The van der Waals surface area contributed by atoms with Gasteiger partial charge in [-0.3, -0.25) is 0 Å². The lowest BCUT2D eigenvalue weighted by Crippen LogP contribution is -2.20. The maximum atomic E-state index is 5.33. The Morgan fingerprint density at radius 1 is 1.30 bits per heavy atom. The lowest BCUT2D eigenvalue weighted by molar-refractivity contribution is 0.158. The molecule has 0 radical (unpaired) electrons. The minimum Gasteiger partial charge on any atom is -0.396 e. The molecule has 0 saturated heterocycles. The fourth-order valence-corrected chi connectivity index (χ4v) is 2.75. The Labute approximate surface area is 118 Å². The second-order valence-corrected chi connectivity index (χ2v) is 5.03. The Balaban J connectivity index is 1.97. The molecule has 1 aromatic heterocycles. The van der Waals surface area contributed by atoms with Crippen molar-refractivity contribution >= 4 is 5.71 Å². The third-order valence-corrected chi connectivity index (χ3v) is 3.68. The molecule has 0 spiro atoms. The number of hydrogen-bond donors (Lipinski definition) is 0.